The molecule has 1 saturated carbocycles. The summed E-state index contributed by atoms with van der Waals surface area (Å²) in [6, 6.07) is 0.398. The highest BCUT2D eigenvalue weighted by Crippen LogP contribution is 2.39. The molecular weight excluding hydrogens is 202 g/mol. The molecule has 0 aromatic heterocycles. The van der Waals surface area contributed by atoms with Crippen molar-refractivity contribution in [1.29, 1.82) is 5.41 Å². The van der Waals surface area contributed by atoms with Crippen molar-refractivity contribution in [2.45, 2.75) is 44.8 Å². The van der Waals surface area contributed by atoms with Crippen LogP contribution >= 0.6 is 0 Å². The SMILES string of the molecule is CCC(CC(=N)N)N1CC2CCC(O)C2C1. The first-order valence-electron chi connectivity index (χ1n) is 6.36. The second-order valence-electron chi connectivity index (χ2n) is 5.31. The number of nitrogens with zero attached hydrogens (tertiary/aromatic N) is 1. The summed E-state index contributed by atoms with van der Waals surface area (Å²) < 4.78 is 0. The van der Waals surface area contributed by atoms with Gasteiger partial charge in [0.25, 0.3) is 0 Å². The molecule has 4 nitrogen and oxygen atoms in total. The lowest BCUT2D eigenvalue weighted by Gasteiger charge is -2.27. The van der Waals surface area contributed by atoms with Crippen molar-refractivity contribution in [2.75, 3.05) is 13.1 Å². The number of hydrogen-bond acceptors (Lipinski definition) is 3. The smallest absolute Gasteiger partial charge is 0.0921 e. The average Bonchev–Trinajstić information content (AvgIpc) is 2.77. The summed E-state index contributed by atoms with van der Waals surface area (Å²) in [5, 5.41) is 17.3. The van der Waals surface area contributed by atoms with Crippen LogP contribution in [-0.4, -0.2) is 41.1 Å². The molecule has 2 rings (SSSR count). The summed E-state index contributed by atoms with van der Waals surface area (Å²) >= 11 is 0. The van der Waals surface area contributed by atoms with E-state index in [1.807, 2.05) is 0 Å². The van der Waals surface area contributed by atoms with Crippen LogP contribution in [0.25, 0.3) is 0 Å². The number of likely N-dealkylation sites (tertiary alicyclic amines) is 1. The molecule has 4 N–H and O–H groups in total. The van der Waals surface area contributed by atoms with Gasteiger partial charge >= 0.3 is 0 Å². The Morgan fingerprint density at radius 2 is 2.25 bits per heavy atom. The van der Waals surface area contributed by atoms with E-state index >= 15 is 0 Å². The molecule has 1 aliphatic carbocycles. The zero-order valence-electron chi connectivity index (χ0n) is 10.0. The number of fused-ring (bicyclic) bond motifs is 1. The summed E-state index contributed by atoms with van der Waals surface area (Å²) in [5.74, 6) is 1.43. The molecule has 16 heavy (non-hydrogen) atoms. The monoisotopic (exact) mass is 225 g/mol. The van der Waals surface area contributed by atoms with Crippen molar-refractivity contribution in [3.63, 3.8) is 0 Å². The van der Waals surface area contributed by atoms with E-state index in [0.29, 0.717) is 24.3 Å². The molecule has 4 unspecified atom stereocenters. The summed E-state index contributed by atoms with van der Waals surface area (Å²) in [5.41, 5.74) is 5.49. The number of rotatable bonds is 4. The first-order valence-corrected chi connectivity index (χ1v) is 6.36. The second kappa shape index (κ2) is 4.72. The molecule has 0 aromatic rings. The van der Waals surface area contributed by atoms with Gasteiger partial charge < -0.3 is 10.8 Å². The van der Waals surface area contributed by atoms with Crippen molar-refractivity contribution in [3.05, 3.63) is 0 Å². The Labute approximate surface area is 97.3 Å². The fourth-order valence-electron chi connectivity index (χ4n) is 3.35. The van der Waals surface area contributed by atoms with E-state index in [4.69, 9.17) is 11.1 Å². The lowest BCUT2D eigenvalue weighted by Crippen LogP contribution is -2.37. The lowest BCUT2D eigenvalue weighted by molar-refractivity contribution is 0.118. The van der Waals surface area contributed by atoms with Crippen molar-refractivity contribution in [2.24, 2.45) is 17.6 Å². The fourth-order valence-corrected chi connectivity index (χ4v) is 3.35. The van der Waals surface area contributed by atoms with Gasteiger partial charge in [-0.3, -0.25) is 10.3 Å². The Bertz CT molecular complexity index is 269. The molecule has 0 amide bonds. The zero-order chi connectivity index (χ0) is 11.7. The van der Waals surface area contributed by atoms with Crippen molar-refractivity contribution < 1.29 is 5.11 Å². The van der Waals surface area contributed by atoms with Gasteiger partial charge in [0.05, 0.1) is 11.9 Å². The molecule has 0 aromatic carbocycles. The van der Waals surface area contributed by atoms with E-state index < -0.39 is 0 Å². The van der Waals surface area contributed by atoms with Crippen LogP contribution in [0.2, 0.25) is 0 Å². The van der Waals surface area contributed by atoms with Crippen LogP contribution < -0.4 is 5.73 Å². The van der Waals surface area contributed by atoms with Crippen LogP contribution in [0.15, 0.2) is 0 Å². The normalized spacial score (nSPS) is 36.2. The molecule has 0 spiro atoms. The predicted molar refractivity (Wildman–Crippen MR) is 64.4 cm³/mol. The minimum atomic E-state index is -0.0927. The van der Waals surface area contributed by atoms with Gasteiger partial charge in [0.15, 0.2) is 0 Å². The summed E-state index contributed by atoms with van der Waals surface area (Å²) in [7, 11) is 0. The largest absolute Gasteiger partial charge is 0.393 e. The highest BCUT2D eigenvalue weighted by atomic mass is 16.3. The molecular formula is C12H23N3O. The van der Waals surface area contributed by atoms with E-state index in [1.165, 1.54) is 6.42 Å². The van der Waals surface area contributed by atoms with E-state index in [1.54, 1.807) is 0 Å². The van der Waals surface area contributed by atoms with Crippen LogP contribution in [-0.2, 0) is 0 Å². The first-order chi connectivity index (χ1) is 7.61. The number of nitrogens with one attached hydrogen (secondary N) is 1. The number of hydrogen-bond donors (Lipinski definition) is 3. The van der Waals surface area contributed by atoms with Gasteiger partial charge in [0.1, 0.15) is 0 Å². The van der Waals surface area contributed by atoms with Gasteiger partial charge in [-0.15, -0.1) is 0 Å². The molecule has 1 heterocycles. The Morgan fingerprint density at radius 1 is 1.50 bits per heavy atom. The molecule has 92 valence electrons. The van der Waals surface area contributed by atoms with Crippen LogP contribution in [0.5, 0.6) is 0 Å². The minimum Gasteiger partial charge on any atom is -0.393 e. The number of nitrogens with two attached hydrogens (primary N) is 1. The summed E-state index contributed by atoms with van der Waals surface area (Å²) in [6.45, 7) is 4.24. The maximum absolute atomic E-state index is 9.86. The molecule has 4 heteroatoms. The third-order valence-electron chi connectivity index (χ3n) is 4.29. The maximum Gasteiger partial charge on any atom is 0.0921 e. The van der Waals surface area contributed by atoms with Gasteiger partial charge in [-0.2, -0.15) is 0 Å². The van der Waals surface area contributed by atoms with E-state index in [-0.39, 0.29) is 11.9 Å². The van der Waals surface area contributed by atoms with E-state index in [0.717, 1.165) is 25.9 Å². The van der Waals surface area contributed by atoms with Gasteiger partial charge in [-0.05, 0) is 25.2 Å². The number of aliphatic hydroxyl groups is 1. The molecule has 1 saturated heterocycles. The van der Waals surface area contributed by atoms with Crippen molar-refractivity contribution >= 4 is 5.84 Å². The van der Waals surface area contributed by atoms with E-state index in [9.17, 15) is 5.11 Å². The molecule has 0 bridgehead atoms. The number of amidine groups is 1. The highest BCUT2D eigenvalue weighted by molar-refractivity contribution is 5.77. The van der Waals surface area contributed by atoms with Gasteiger partial charge in [0, 0.05) is 31.5 Å². The minimum absolute atomic E-state index is 0.0927. The lowest BCUT2D eigenvalue weighted by atomic mass is 10.00. The second-order valence-corrected chi connectivity index (χ2v) is 5.31. The number of aliphatic hydroxyl groups excluding tert-OH is 1. The molecule has 1 aliphatic heterocycles. The molecule has 2 fully saturated rings. The zero-order valence-corrected chi connectivity index (χ0v) is 10.0. The van der Waals surface area contributed by atoms with Gasteiger partial charge in [0.2, 0.25) is 0 Å². The third kappa shape index (κ3) is 2.23. The maximum atomic E-state index is 9.86. The third-order valence-corrected chi connectivity index (χ3v) is 4.29. The Kier molecular flexibility index (Phi) is 3.50. The van der Waals surface area contributed by atoms with Crippen LogP contribution in [0.3, 0.4) is 0 Å². The fraction of sp³-hybridized carbons (Fsp3) is 0.917. The molecule has 2 aliphatic rings. The summed E-state index contributed by atoms with van der Waals surface area (Å²) in [4.78, 5) is 2.43. The van der Waals surface area contributed by atoms with Crippen molar-refractivity contribution in [3.8, 4) is 0 Å². The molecule has 4 atom stereocenters. The van der Waals surface area contributed by atoms with Gasteiger partial charge in [-0.25, -0.2) is 0 Å². The standard InChI is InChI=1S/C12H23N3O/c1-2-9(5-12(13)14)15-6-8-3-4-11(16)10(8)7-15/h8-11,16H,2-7H2,1H3,(H3,13,14). The average molecular weight is 225 g/mol. The Balaban J connectivity index is 1.94. The predicted octanol–water partition coefficient (Wildman–Crippen LogP) is 0.794. The Morgan fingerprint density at radius 3 is 2.81 bits per heavy atom. The van der Waals surface area contributed by atoms with E-state index in [2.05, 4.69) is 11.8 Å². The van der Waals surface area contributed by atoms with Crippen LogP contribution in [0.1, 0.15) is 32.6 Å². The quantitative estimate of drug-likeness (QED) is 0.489. The Hall–Kier alpha value is -0.610. The summed E-state index contributed by atoms with van der Waals surface area (Å²) in [6.07, 6.45) is 3.76. The van der Waals surface area contributed by atoms with Crippen molar-refractivity contribution in [1.82, 2.24) is 4.90 Å². The topological polar surface area (TPSA) is 73.3 Å². The highest BCUT2D eigenvalue weighted by Gasteiger charge is 2.43. The first kappa shape index (κ1) is 11.9. The van der Waals surface area contributed by atoms with Gasteiger partial charge in [-0.1, -0.05) is 6.92 Å². The van der Waals surface area contributed by atoms with Crippen LogP contribution in [0, 0.1) is 17.2 Å². The van der Waals surface area contributed by atoms with Crippen LogP contribution in [0.4, 0.5) is 0 Å². The molecule has 0 radical (unpaired) electrons.